The fourth-order valence-corrected chi connectivity index (χ4v) is 2.57. The van der Waals surface area contributed by atoms with Gasteiger partial charge in [0.1, 0.15) is 17.3 Å². The van der Waals surface area contributed by atoms with Crippen molar-refractivity contribution in [3.63, 3.8) is 0 Å². The second-order valence-corrected chi connectivity index (χ2v) is 5.41. The van der Waals surface area contributed by atoms with Gasteiger partial charge in [-0.05, 0) is 43.2 Å². The Hall–Kier alpha value is -2.47. The second kappa shape index (κ2) is 6.34. The number of halogens is 1. The first-order valence-corrected chi connectivity index (χ1v) is 7.50. The van der Waals surface area contributed by atoms with Crippen molar-refractivity contribution in [2.45, 2.75) is 32.9 Å². The van der Waals surface area contributed by atoms with Gasteiger partial charge in [-0.1, -0.05) is 0 Å². The van der Waals surface area contributed by atoms with Crippen LogP contribution in [0, 0.1) is 5.82 Å². The molecular weight excluding hydrogens is 297 g/mol. The van der Waals surface area contributed by atoms with E-state index in [1.165, 1.54) is 18.5 Å². The highest BCUT2D eigenvalue weighted by Gasteiger charge is 2.18. The Labute approximate surface area is 133 Å². The van der Waals surface area contributed by atoms with Crippen molar-refractivity contribution in [2.24, 2.45) is 0 Å². The molecule has 0 aliphatic heterocycles. The number of aromatic nitrogens is 3. The van der Waals surface area contributed by atoms with Crippen LogP contribution in [0.5, 0.6) is 0 Å². The summed E-state index contributed by atoms with van der Waals surface area (Å²) in [7, 11) is 0. The van der Waals surface area contributed by atoms with Gasteiger partial charge in [-0.3, -0.25) is 4.68 Å². The van der Waals surface area contributed by atoms with Gasteiger partial charge in [-0.15, -0.1) is 0 Å². The molecule has 1 N–H and O–H groups in total. The van der Waals surface area contributed by atoms with E-state index < -0.39 is 6.10 Å². The third-order valence-electron chi connectivity index (χ3n) is 3.74. The Morgan fingerprint density at radius 1 is 1.39 bits per heavy atom. The normalized spacial score (nSPS) is 12.5. The number of aryl methyl sites for hydroxylation is 1. The number of aliphatic hydroxyl groups is 1. The van der Waals surface area contributed by atoms with Gasteiger partial charge in [0.25, 0.3) is 0 Å². The summed E-state index contributed by atoms with van der Waals surface area (Å²) in [5.74, 6) is 0.271. The van der Waals surface area contributed by atoms with E-state index in [0.717, 1.165) is 12.1 Å². The van der Waals surface area contributed by atoms with Crippen LogP contribution in [-0.4, -0.2) is 19.9 Å². The molecule has 0 bridgehead atoms. The Kier molecular flexibility index (Phi) is 4.25. The molecule has 0 fully saturated rings. The number of nitrogens with zero attached hydrogens (tertiary/aromatic N) is 3. The van der Waals surface area contributed by atoms with Gasteiger partial charge >= 0.3 is 0 Å². The summed E-state index contributed by atoms with van der Waals surface area (Å²) in [6.07, 6.45) is 4.84. The highest BCUT2D eigenvalue weighted by molar-refractivity contribution is 5.66. The lowest BCUT2D eigenvalue weighted by Gasteiger charge is -2.11. The summed E-state index contributed by atoms with van der Waals surface area (Å²) in [6, 6.07) is 4.30. The van der Waals surface area contributed by atoms with Gasteiger partial charge in [0.15, 0.2) is 6.39 Å². The van der Waals surface area contributed by atoms with Crippen molar-refractivity contribution in [2.75, 3.05) is 0 Å². The molecule has 2 aromatic heterocycles. The van der Waals surface area contributed by atoms with Crippen molar-refractivity contribution in [1.82, 2.24) is 14.8 Å². The third-order valence-corrected chi connectivity index (χ3v) is 3.74. The molecule has 3 aromatic rings. The summed E-state index contributed by atoms with van der Waals surface area (Å²) in [5, 5.41) is 14.1. The second-order valence-electron chi connectivity index (χ2n) is 5.41. The number of hydrogen-bond acceptors (Lipinski definition) is 4. The van der Waals surface area contributed by atoms with Crippen molar-refractivity contribution in [3.05, 3.63) is 59.7 Å². The molecule has 0 amide bonds. The molecular formula is C17H18FN3O2. The average molecular weight is 315 g/mol. The molecule has 0 unspecified atom stereocenters. The SMILES string of the molecule is CCn1cc(Cc2ocnc2-c2ccc(F)cc2[C@@H](C)O)cn1. The molecule has 0 aliphatic rings. The van der Waals surface area contributed by atoms with E-state index in [2.05, 4.69) is 10.1 Å². The summed E-state index contributed by atoms with van der Waals surface area (Å²) >= 11 is 0. The first-order chi connectivity index (χ1) is 11.1. The van der Waals surface area contributed by atoms with E-state index >= 15 is 0 Å². The van der Waals surface area contributed by atoms with Crippen LogP contribution in [-0.2, 0) is 13.0 Å². The zero-order valence-corrected chi connectivity index (χ0v) is 13.0. The van der Waals surface area contributed by atoms with E-state index in [9.17, 15) is 9.50 Å². The summed E-state index contributed by atoms with van der Waals surface area (Å²) in [6.45, 7) is 4.42. The molecule has 2 heterocycles. The van der Waals surface area contributed by atoms with Crippen LogP contribution in [0.1, 0.15) is 36.8 Å². The van der Waals surface area contributed by atoms with Crippen LogP contribution in [0.2, 0.25) is 0 Å². The van der Waals surface area contributed by atoms with Crippen molar-refractivity contribution < 1.29 is 13.9 Å². The first-order valence-electron chi connectivity index (χ1n) is 7.50. The van der Waals surface area contributed by atoms with Gasteiger partial charge in [-0.2, -0.15) is 5.10 Å². The Balaban J connectivity index is 1.98. The quantitative estimate of drug-likeness (QED) is 0.784. The maximum absolute atomic E-state index is 13.5. The molecule has 0 spiro atoms. The summed E-state index contributed by atoms with van der Waals surface area (Å²) < 4.78 is 20.8. The number of aliphatic hydroxyl groups excluding tert-OH is 1. The zero-order valence-electron chi connectivity index (χ0n) is 13.0. The van der Waals surface area contributed by atoms with Crippen molar-refractivity contribution >= 4 is 0 Å². The van der Waals surface area contributed by atoms with E-state index in [1.807, 2.05) is 17.8 Å². The van der Waals surface area contributed by atoms with Gasteiger partial charge in [0, 0.05) is 24.7 Å². The van der Waals surface area contributed by atoms with Gasteiger partial charge in [0.05, 0.1) is 12.3 Å². The van der Waals surface area contributed by atoms with E-state index in [-0.39, 0.29) is 5.82 Å². The average Bonchev–Trinajstić information content (AvgIpc) is 3.17. The first kappa shape index (κ1) is 15.4. The standard InChI is InChI=1S/C17H18FN3O2/c1-3-21-9-12(8-20-21)6-16-17(19-10-23-16)14-5-4-13(18)7-15(14)11(2)22/h4-5,7-11,22H,3,6H2,1-2H3/t11-/m1/s1. The summed E-state index contributed by atoms with van der Waals surface area (Å²) in [5.41, 5.74) is 2.79. The highest BCUT2D eigenvalue weighted by Crippen LogP contribution is 2.31. The van der Waals surface area contributed by atoms with Crippen LogP contribution in [0.3, 0.4) is 0 Å². The molecule has 1 aromatic carbocycles. The maximum atomic E-state index is 13.5. The molecule has 23 heavy (non-hydrogen) atoms. The van der Waals surface area contributed by atoms with Crippen LogP contribution in [0.25, 0.3) is 11.3 Å². The van der Waals surface area contributed by atoms with Gasteiger partial charge < -0.3 is 9.52 Å². The zero-order chi connectivity index (χ0) is 16.4. The van der Waals surface area contributed by atoms with Gasteiger partial charge in [0.2, 0.25) is 0 Å². The van der Waals surface area contributed by atoms with E-state index in [1.54, 1.807) is 19.2 Å². The fourth-order valence-electron chi connectivity index (χ4n) is 2.57. The lowest BCUT2D eigenvalue weighted by molar-refractivity contribution is 0.199. The largest absolute Gasteiger partial charge is 0.447 e. The number of oxazole rings is 1. The monoisotopic (exact) mass is 315 g/mol. The van der Waals surface area contributed by atoms with E-state index in [4.69, 9.17) is 4.42 Å². The predicted octanol–water partition coefficient (Wildman–Crippen LogP) is 3.34. The minimum absolute atomic E-state index is 0.390. The van der Waals surface area contributed by atoms with E-state index in [0.29, 0.717) is 29.0 Å². The lowest BCUT2D eigenvalue weighted by Crippen LogP contribution is -1.98. The topological polar surface area (TPSA) is 64.1 Å². The molecule has 5 nitrogen and oxygen atoms in total. The molecule has 1 atom stereocenters. The molecule has 6 heteroatoms. The predicted molar refractivity (Wildman–Crippen MR) is 83.2 cm³/mol. The minimum atomic E-state index is -0.798. The molecule has 120 valence electrons. The molecule has 0 saturated carbocycles. The molecule has 0 radical (unpaired) electrons. The Morgan fingerprint density at radius 3 is 2.91 bits per heavy atom. The van der Waals surface area contributed by atoms with Crippen LogP contribution >= 0.6 is 0 Å². The van der Waals surface area contributed by atoms with Gasteiger partial charge in [-0.25, -0.2) is 9.37 Å². The number of rotatable bonds is 5. The van der Waals surface area contributed by atoms with Crippen LogP contribution < -0.4 is 0 Å². The minimum Gasteiger partial charge on any atom is -0.447 e. The Bertz CT molecular complexity index is 808. The van der Waals surface area contributed by atoms with Crippen molar-refractivity contribution in [1.29, 1.82) is 0 Å². The highest BCUT2D eigenvalue weighted by atomic mass is 19.1. The van der Waals surface area contributed by atoms with Crippen molar-refractivity contribution in [3.8, 4) is 11.3 Å². The fraction of sp³-hybridized carbons (Fsp3) is 0.294. The lowest BCUT2D eigenvalue weighted by atomic mass is 9.98. The third kappa shape index (κ3) is 3.17. The Morgan fingerprint density at radius 2 is 2.22 bits per heavy atom. The number of benzene rings is 1. The number of hydrogen-bond donors (Lipinski definition) is 1. The smallest absolute Gasteiger partial charge is 0.181 e. The molecule has 3 rings (SSSR count). The van der Waals surface area contributed by atoms with Crippen LogP contribution in [0.4, 0.5) is 4.39 Å². The molecule has 0 saturated heterocycles. The summed E-state index contributed by atoms with van der Waals surface area (Å²) in [4.78, 5) is 4.25. The maximum Gasteiger partial charge on any atom is 0.181 e. The van der Waals surface area contributed by atoms with Crippen LogP contribution in [0.15, 0.2) is 41.4 Å². The molecule has 0 aliphatic carbocycles.